The highest BCUT2D eigenvalue weighted by molar-refractivity contribution is 7.98. The van der Waals surface area contributed by atoms with Crippen molar-refractivity contribution in [3.63, 3.8) is 0 Å². The summed E-state index contributed by atoms with van der Waals surface area (Å²) in [6.45, 7) is 7.30. The zero-order chi connectivity index (χ0) is 22.2. The summed E-state index contributed by atoms with van der Waals surface area (Å²) in [6.07, 6.45) is 8.88. The van der Waals surface area contributed by atoms with Gasteiger partial charge in [0.15, 0.2) is 11.1 Å². The zero-order valence-corrected chi connectivity index (χ0v) is 19.9. The van der Waals surface area contributed by atoms with Crippen LogP contribution >= 0.6 is 11.8 Å². The minimum atomic E-state index is -0.177. The molecule has 1 aliphatic rings. The van der Waals surface area contributed by atoms with E-state index in [4.69, 9.17) is 4.99 Å². The van der Waals surface area contributed by atoms with Gasteiger partial charge in [-0.2, -0.15) is 0 Å². The van der Waals surface area contributed by atoms with Crippen LogP contribution in [0.3, 0.4) is 0 Å². The van der Waals surface area contributed by atoms with Crippen molar-refractivity contribution in [1.82, 2.24) is 25.4 Å². The number of guanidine groups is 1. The van der Waals surface area contributed by atoms with Gasteiger partial charge in [-0.05, 0) is 63.5 Å². The molecule has 0 bridgehead atoms. The third-order valence-corrected chi connectivity index (χ3v) is 6.47. The Morgan fingerprint density at radius 1 is 1.32 bits per heavy atom. The number of halogens is 1. The Balaban J connectivity index is 1.59. The smallest absolute Gasteiger partial charge is 0.191 e. The molecule has 0 spiro atoms. The molecule has 0 amide bonds. The van der Waals surface area contributed by atoms with E-state index in [1.54, 1.807) is 24.8 Å². The van der Waals surface area contributed by atoms with Crippen LogP contribution in [0.15, 0.2) is 28.3 Å². The second-order valence-corrected chi connectivity index (χ2v) is 8.92. The van der Waals surface area contributed by atoms with E-state index in [0.717, 1.165) is 41.9 Å². The Kier molecular flexibility index (Phi) is 8.75. The number of aliphatic imine (C=N–C) groups is 1. The van der Waals surface area contributed by atoms with Crippen LogP contribution in [0.1, 0.15) is 75.0 Å². The maximum absolute atomic E-state index is 13.9. The molecule has 31 heavy (non-hydrogen) atoms. The SMILES string of the molecule is CCNC(=NCCCc1nnc(SC)n1C1CCCC1)NC(C)c1ccc(C)c(F)c1. The number of aromatic nitrogens is 3. The van der Waals surface area contributed by atoms with Gasteiger partial charge in [0, 0.05) is 25.6 Å². The molecule has 8 heteroatoms. The number of nitrogens with one attached hydrogen (secondary N) is 2. The summed E-state index contributed by atoms with van der Waals surface area (Å²) >= 11 is 1.68. The Labute approximate surface area is 189 Å². The Hall–Kier alpha value is -2.09. The van der Waals surface area contributed by atoms with Gasteiger partial charge in [-0.3, -0.25) is 4.99 Å². The second kappa shape index (κ2) is 11.5. The fourth-order valence-electron chi connectivity index (χ4n) is 4.06. The molecule has 0 saturated heterocycles. The fourth-order valence-corrected chi connectivity index (χ4v) is 4.63. The fraction of sp³-hybridized carbons (Fsp3) is 0.609. The predicted octanol–water partition coefficient (Wildman–Crippen LogP) is 4.81. The molecule has 1 fully saturated rings. The molecule has 1 saturated carbocycles. The average molecular weight is 447 g/mol. The minimum Gasteiger partial charge on any atom is -0.357 e. The Bertz CT molecular complexity index is 875. The number of thioether (sulfide) groups is 1. The van der Waals surface area contributed by atoms with Gasteiger partial charge in [0.2, 0.25) is 0 Å². The maximum Gasteiger partial charge on any atom is 0.191 e. The lowest BCUT2D eigenvalue weighted by Crippen LogP contribution is -2.38. The highest BCUT2D eigenvalue weighted by Crippen LogP contribution is 2.33. The van der Waals surface area contributed by atoms with Crippen LogP contribution in [0, 0.1) is 12.7 Å². The summed E-state index contributed by atoms with van der Waals surface area (Å²) < 4.78 is 16.3. The van der Waals surface area contributed by atoms with Crippen molar-refractivity contribution in [3.05, 3.63) is 41.0 Å². The summed E-state index contributed by atoms with van der Waals surface area (Å²) in [5.74, 6) is 1.65. The first kappa shape index (κ1) is 23.6. The van der Waals surface area contributed by atoms with Gasteiger partial charge in [0.25, 0.3) is 0 Å². The van der Waals surface area contributed by atoms with Crippen molar-refractivity contribution < 1.29 is 4.39 Å². The van der Waals surface area contributed by atoms with Crippen molar-refractivity contribution in [2.75, 3.05) is 19.3 Å². The number of hydrogen-bond donors (Lipinski definition) is 2. The number of aryl methyl sites for hydroxylation is 2. The van der Waals surface area contributed by atoms with Gasteiger partial charge >= 0.3 is 0 Å². The molecule has 0 radical (unpaired) electrons. The molecule has 1 aliphatic carbocycles. The molecule has 1 aromatic carbocycles. The van der Waals surface area contributed by atoms with Gasteiger partial charge in [0.1, 0.15) is 11.6 Å². The summed E-state index contributed by atoms with van der Waals surface area (Å²) in [7, 11) is 0. The molecule has 2 aromatic rings. The van der Waals surface area contributed by atoms with Gasteiger partial charge in [-0.15, -0.1) is 10.2 Å². The van der Waals surface area contributed by atoms with Crippen LogP contribution < -0.4 is 10.6 Å². The molecule has 170 valence electrons. The molecule has 6 nitrogen and oxygen atoms in total. The number of hydrogen-bond acceptors (Lipinski definition) is 4. The second-order valence-electron chi connectivity index (χ2n) is 8.15. The van der Waals surface area contributed by atoms with Crippen LogP contribution in [0.2, 0.25) is 0 Å². The van der Waals surface area contributed by atoms with E-state index < -0.39 is 0 Å². The molecule has 1 unspecified atom stereocenters. The van der Waals surface area contributed by atoms with Crippen molar-refractivity contribution in [3.8, 4) is 0 Å². The minimum absolute atomic E-state index is 0.0393. The molecule has 0 aliphatic heterocycles. The molecule has 1 aromatic heterocycles. The third kappa shape index (κ3) is 6.21. The number of nitrogens with zero attached hydrogens (tertiary/aromatic N) is 4. The van der Waals surface area contributed by atoms with Crippen LogP contribution in [-0.2, 0) is 6.42 Å². The molecule has 3 rings (SSSR count). The van der Waals surface area contributed by atoms with E-state index in [-0.39, 0.29) is 11.9 Å². The third-order valence-electron chi connectivity index (χ3n) is 5.83. The predicted molar refractivity (Wildman–Crippen MR) is 126 cm³/mol. The average Bonchev–Trinajstić information content (AvgIpc) is 3.42. The van der Waals surface area contributed by atoms with Gasteiger partial charge < -0.3 is 15.2 Å². The van der Waals surface area contributed by atoms with Crippen LogP contribution in [-0.4, -0.2) is 40.1 Å². The van der Waals surface area contributed by atoms with Gasteiger partial charge in [-0.25, -0.2) is 4.39 Å². The molecule has 1 atom stereocenters. The summed E-state index contributed by atoms with van der Waals surface area (Å²) in [5, 5.41) is 16.6. The first-order valence-electron chi connectivity index (χ1n) is 11.3. The first-order valence-corrected chi connectivity index (χ1v) is 12.5. The molecule has 1 heterocycles. The van der Waals surface area contributed by atoms with Crippen molar-refractivity contribution in [1.29, 1.82) is 0 Å². The van der Waals surface area contributed by atoms with Crippen LogP contribution in [0.4, 0.5) is 4.39 Å². The summed E-state index contributed by atoms with van der Waals surface area (Å²) in [5.41, 5.74) is 1.56. The number of benzene rings is 1. The lowest BCUT2D eigenvalue weighted by molar-refractivity contribution is 0.461. The largest absolute Gasteiger partial charge is 0.357 e. The lowest BCUT2D eigenvalue weighted by atomic mass is 10.1. The van der Waals surface area contributed by atoms with Gasteiger partial charge in [0.05, 0.1) is 6.04 Å². The van der Waals surface area contributed by atoms with E-state index >= 15 is 0 Å². The highest BCUT2D eigenvalue weighted by Gasteiger charge is 2.23. The number of rotatable bonds is 9. The first-order chi connectivity index (χ1) is 15.0. The van der Waals surface area contributed by atoms with Crippen molar-refractivity contribution in [2.45, 2.75) is 76.5 Å². The van der Waals surface area contributed by atoms with E-state index in [9.17, 15) is 4.39 Å². The normalized spacial score (nSPS) is 16.0. The Morgan fingerprint density at radius 3 is 2.77 bits per heavy atom. The highest BCUT2D eigenvalue weighted by atomic mass is 32.2. The van der Waals surface area contributed by atoms with E-state index in [2.05, 4.69) is 31.7 Å². The monoisotopic (exact) mass is 446 g/mol. The van der Waals surface area contributed by atoms with E-state index in [1.165, 1.54) is 25.7 Å². The summed E-state index contributed by atoms with van der Waals surface area (Å²) in [6, 6.07) is 5.87. The maximum atomic E-state index is 13.9. The molecular formula is C23H35FN6S. The van der Waals surface area contributed by atoms with E-state index in [1.807, 2.05) is 26.0 Å². The lowest BCUT2D eigenvalue weighted by Gasteiger charge is -2.19. The topological polar surface area (TPSA) is 67.1 Å². The van der Waals surface area contributed by atoms with Gasteiger partial charge in [-0.1, -0.05) is 36.7 Å². The standard InChI is InChI=1S/C23H35FN6S/c1-5-25-22(27-17(3)18-13-12-16(2)20(24)15-18)26-14-8-11-21-28-29-23(31-4)30(21)19-9-6-7-10-19/h12-13,15,17,19H,5-11,14H2,1-4H3,(H2,25,26,27). The quantitative estimate of drug-likeness (QED) is 0.250. The molecular weight excluding hydrogens is 411 g/mol. The van der Waals surface area contributed by atoms with Crippen molar-refractivity contribution in [2.24, 2.45) is 4.99 Å². The van der Waals surface area contributed by atoms with Crippen LogP contribution in [0.5, 0.6) is 0 Å². The zero-order valence-electron chi connectivity index (χ0n) is 19.1. The van der Waals surface area contributed by atoms with Crippen molar-refractivity contribution >= 4 is 17.7 Å². The molecule has 2 N–H and O–H groups in total. The Morgan fingerprint density at radius 2 is 2.10 bits per heavy atom. The summed E-state index contributed by atoms with van der Waals surface area (Å²) in [4.78, 5) is 4.73. The van der Waals surface area contributed by atoms with E-state index in [0.29, 0.717) is 18.2 Å². The van der Waals surface area contributed by atoms with Crippen LogP contribution in [0.25, 0.3) is 0 Å².